The van der Waals surface area contributed by atoms with Crippen molar-refractivity contribution < 1.29 is 0 Å². The fourth-order valence-electron chi connectivity index (χ4n) is 10.8. The third kappa shape index (κ3) is 7.24. The molecule has 5 aromatic heterocycles. The molecule has 9 heteroatoms. The summed E-state index contributed by atoms with van der Waals surface area (Å²) in [7, 11) is 0. The van der Waals surface area contributed by atoms with E-state index >= 15 is 0 Å². The van der Waals surface area contributed by atoms with Gasteiger partial charge in [-0.25, -0.2) is 9.97 Å². The van der Waals surface area contributed by atoms with E-state index in [0.717, 1.165) is 124 Å². The number of allylic oxidation sites excluding steroid dienone is 1. The summed E-state index contributed by atoms with van der Waals surface area (Å²) in [6.07, 6.45) is 6.18. The smallest absolute Gasteiger partial charge is 0.238 e. The lowest BCUT2D eigenvalue weighted by molar-refractivity contribution is 0.899. The largest absolute Gasteiger partial charge is 0.306 e. The van der Waals surface area contributed by atoms with Gasteiger partial charge in [0.1, 0.15) is 0 Å². The van der Waals surface area contributed by atoms with Crippen molar-refractivity contribution in [3.63, 3.8) is 0 Å². The van der Waals surface area contributed by atoms with E-state index in [1.807, 2.05) is 0 Å². The van der Waals surface area contributed by atoms with Crippen LogP contribution >= 0.6 is 0 Å². The summed E-state index contributed by atoms with van der Waals surface area (Å²) in [5, 5.41) is 1.07. The molecule has 0 N–H and O–H groups in total. The Morgan fingerprint density at radius 3 is 1.25 bits per heavy atom. The van der Waals surface area contributed by atoms with Crippen LogP contribution in [0.1, 0.15) is 62.2 Å². The van der Waals surface area contributed by atoms with Crippen LogP contribution in [0.2, 0.25) is 0 Å². The second kappa shape index (κ2) is 16.2. The number of aryl methyl sites for hydroxylation is 9. The van der Waals surface area contributed by atoms with E-state index in [4.69, 9.17) is 29.9 Å². The van der Waals surface area contributed by atoms with E-state index < -0.39 is 0 Å². The minimum Gasteiger partial charge on any atom is -0.306 e. The van der Waals surface area contributed by atoms with Crippen LogP contribution in [-0.4, -0.2) is 43.6 Å². The Morgan fingerprint density at radius 2 is 0.783 bits per heavy atom. The second-order valence-electron chi connectivity index (χ2n) is 19.1. The number of nitrogens with zero attached hydrogens (tertiary/aromatic N) is 9. The van der Waals surface area contributed by atoms with Gasteiger partial charge in [0.2, 0.25) is 11.9 Å². The van der Waals surface area contributed by atoms with Crippen LogP contribution in [0.5, 0.6) is 0 Å². The quantitative estimate of drug-likeness (QED) is 0.158. The highest BCUT2D eigenvalue weighted by molar-refractivity contribution is 6.20. The zero-order chi connectivity index (χ0) is 47.2. The summed E-state index contributed by atoms with van der Waals surface area (Å²) in [5.41, 5.74) is 21.2. The van der Waals surface area contributed by atoms with Crippen LogP contribution in [0.3, 0.4) is 0 Å². The number of rotatable bonds is 7. The molecule has 0 amide bonds. The van der Waals surface area contributed by atoms with Crippen molar-refractivity contribution in [3.05, 3.63) is 189 Å². The molecule has 5 heterocycles. The summed E-state index contributed by atoms with van der Waals surface area (Å²) in [5.74, 6) is 3.54. The fourth-order valence-corrected chi connectivity index (χ4v) is 10.8. The van der Waals surface area contributed by atoms with Gasteiger partial charge in [0.15, 0.2) is 23.3 Å². The van der Waals surface area contributed by atoms with E-state index in [1.165, 1.54) is 5.56 Å². The van der Waals surface area contributed by atoms with E-state index in [-0.39, 0.29) is 0 Å². The summed E-state index contributed by atoms with van der Waals surface area (Å²) >= 11 is 0. The van der Waals surface area contributed by atoms with E-state index in [0.29, 0.717) is 35.2 Å². The van der Waals surface area contributed by atoms with Crippen LogP contribution in [0.4, 0.5) is 0 Å². The molecule has 0 saturated carbocycles. The van der Waals surface area contributed by atoms with Crippen LogP contribution in [-0.2, 0) is 6.42 Å². The minimum absolute atomic E-state index is 0.539. The van der Waals surface area contributed by atoms with Gasteiger partial charge in [0.25, 0.3) is 0 Å². The monoisotopic (exact) mass is 897 g/mol. The van der Waals surface area contributed by atoms with Crippen molar-refractivity contribution in [2.75, 3.05) is 0 Å². The molecule has 1 aliphatic rings. The maximum absolute atomic E-state index is 5.52. The van der Waals surface area contributed by atoms with E-state index in [9.17, 15) is 0 Å². The first-order valence-corrected chi connectivity index (χ1v) is 23.7. The Balaban J connectivity index is 1.27. The number of fused-ring (bicyclic) bond motifs is 7. The first-order valence-electron chi connectivity index (χ1n) is 23.7. The average Bonchev–Trinajstić information content (AvgIpc) is 3.95. The van der Waals surface area contributed by atoms with E-state index in [1.54, 1.807) is 0 Å². The number of aromatic nitrogens is 9. The topological polar surface area (TPSA) is 92.1 Å². The van der Waals surface area contributed by atoms with Crippen molar-refractivity contribution in [1.29, 1.82) is 0 Å². The molecule has 6 aromatic carbocycles. The number of hydrogen-bond acceptors (Lipinski definition) is 6. The van der Waals surface area contributed by atoms with Gasteiger partial charge in [-0.1, -0.05) is 111 Å². The molecule has 0 atom stereocenters. The molecule has 1 aliphatic carbocycles. The summed E-state index contributed by atoms with van der Waals surface area (Å²) in [4.78, 5) is 32.6. The lowest BCUT2D eigenvalue weighted by Gasteiger charge is -2.15. The lowest BCUT2D eigenvalue weighted by atomic mass is 10.0. The van der Waals surface area contributed by atoms with Gasteiger partial charge < -0.3 is 4.57 Å². The lowest BCUT2D eigenvalue weighted by Crippen LogP contribution is -2.10. The zero-order valence-electron chi connectivity index (χ0n) is 40.2. The van der Waals surface area contributed by atoms with Crippen molar-refractivity contribution in [2.45, 2.75) is 68.2 Å². The highest BCUT2D eigenvalue weighted by atomic mass is 15.3. The predicted molar refractivity (Wildman–Crippen MR) is 281 cm³/mol. The molecule has 12 rings (SSSR count). The van der Waals surface area contributed by atoms with Gasteiger partial charge in [-0.3, -0.25) is 9.13 Å². The van der Waals surface area contributed by atoms with Crippen molar-refractivity contribution in [3.8, 4) is 63.1 Å². The number of para-hydroxylation sites is 2. The van der Waals surface area contributed by atoms with Crippen molar-refractivity contribution in [1.82, 2.24) is 43.6 Å². The Labute approximate surface area is 401 Å². The van der Waals surface area contributed by atoms with Crippen molar-refractivity contribution >= 4 is 39.0 Å². The van der Waals surface area contributed by atoms with Gasteiger partial charge in [-0.05, 0) is 141 Å². The molecule has 0 radical (unpaired) electrons. The first kappa shape index (κ1) is 42.1. The SMILES string of the molecule is Cc1cc(C)cc(-c2nc(-c3cc(C)cc(C)c3)nc(-n3c4c(c5c3c3c(c6ccccc6n3-c3ccccc3)n5-c3nc(-c5cc(C)cc(C)c5)nc(-c5cc(C)cc(C)c5)n3)CCC=C4)n2)c1. The van der Waals surface area contributed by atoms with Crippen LogP contribution in [0.15, 0.2) is 133 Å². The molecule has 336 valence electrons. The minimum atomic E-state index is 0.539. The molecular formula is C60H51N9. The van der Waals surface area contributed by atoms with Gasteiger partial charge in [0, 0.05) is 38.9 Å². The second-order valence-corrected chi connectivity index (χ2v) is 19.1. The molecule has 0 aliphatic heterocycles. The van der Waals surface area contributed by atoms with Crippen LogP contribution < -0.4 is 0 Å². The molecule has 0 spiro atoms. The Kier molecular flexibility index (Phi) is 9.88. The van der Waals surface area contributed by atoms with Gasteiger partial charge in [-0.2, -0.15) is 19.9 Å². The van der Waals surface area contributed by atoms with Gasteiger partial charge >= 0.3 is 0 Å². The fraction of sp³-hybridized carbons (Fsp3) is 0.167. The van der Waals surface area contributed by atoms with Crippen LogP contribution in [0, 0.1) is 55.4 Å². The van der Waals surface area contributed by atoms with Crippen LogP contribution in [0.25, 0.3) is 102 Å². The third-order valence-corrected chi connectivity index (χ3v) is 13.2. The predicted octanol–water partition coefficient (Wildman–Crippen LogP) is 14.0. The van der Waals surface area contributed by atoms with Crippen molar-refractivity contribution in [2.24, 2.45) is 0 Å². The molecule has 9 nitrogen and oxygen atoms in total. The zero-order valence-corrected chi connectivity index (χ0v) is 40.2. The third-order valence-electron chi connectivity index (χ3n) is 13.2. The molecule has 0 fully saturated rings. The summed E-state index contributed by atoms with van der Waals surface area (Å²) in [6.45, 7) is 17.0. The highest BCUT2D eigenvalue weighted by Gasteiger charge is 2.33. The molecule has 0 unspecified atom stereocenters. The molecule has 0 saturated heterocycles. The maximum atomic E-state index is 5.52. The van der Waals surface area contributed by atoms with E-state index in [2.05, 4.69) is 209 Å². The number of benzene rings is 6. The highest BCUT2D eigenvalue weighted by Crippen LogP contribution is 2.46. The molecule has 11 aromatic rings. The molecular weight excluding hydrogens is 847 g/mol. The summed E-state index contributed by atoms with van der Waals surface area (Å²) < 4.78 is 6.99. The summed E-state index contributed by atoms with van der Waals surface area (Å²) in [6, 6.07) is 45.4. The molecule has 69 heavy (non-hydrogen) atoms. The first-order chi connectivity index (χ1) is 33.4. The normalized spacial score (nSPS) is 12.5. The number of hydrogen-bond donors (Lipinski definition) is 0. The van der Waals surface area contributed by atoms with Gasteiger partial charge in [0.05, 0.1) is 33.3 Å². The Morgan fingerprint density at radius 1 is 0.377 bits per heavy atom. The van der Waals surface area contributed by atoms with Gasteiger partial charge in [-0.15, -0.1) is 0 Å². The average molecular weight is 898 g/mol. The Bertz CT molecular complexity index is 3720. The standard InChI is InChI=1S/C60H51N9/c1-34-22-35(2)27-42(26-34)55-61-56(43-28-36(3)23-37(4)29-43)64-59(63-55)68-50-21-15-13-19-48(50)52-54(68)53-51(47-18-12-14-20-49(47)67(53)46-16-10-9-11-17-46)69(52)60-65-57(44-30-38(5)24-39(6)31-44)62-58(66-60)45-32-40(7)25-41(8)33-45/h9-12,14-18,20-33H,13,19H2,1-8H3. The Hall–Kier alpha value is -8.30. The molecule has 0 bridgehead atoms. The maximum Gasteiger partial charge on any atom is 0.238 e.